The van der Waals surface area contributed by atoms with Crippen molar-refractivity contribution < 1.29 is 69.0 Å². The molecule has 0 amide bonds. The van der Waals surface area contributed by atoms with Gasteiger partial charge in [-0.25, -0.2) is 0 Å². The lowest BCUT2D eigenvalue weighted by atomic mass is 9.32. The molecule has 7 N–H and O–H groups in total. The van der Waals surface area contributed by atoms with E-state index in [9.17, 15) is 40.5 Å². The van der Waals surface area contributed by atoms with Crippen LogP contribution in [0.25, 0.3) is 0 Å². The number of carbonyl (C=O) groups excluding carboxylic acids is 1. The molecule has 14 heteroatoms. The standard InChI is InChI=1S/C44H70O14/c1-22-30(48)35(58-36-33(51)32(50)31(49)24(56-36)19-53-23(2)46)34(52)37(55-22)57-29-11-12-39(5)25(40(29,6)20-45)9-13-41(7)26(39)10-14-44-27-17-38(3,4)15-16-43(27,21-54-44)28(47)18-42(41,44)8/h10,14,22,24-37,45,47-52H,9,11-13,15-21H2,1-8H3. The molecular formula is C44H70O14. The van der Waals surface area contributed by atoms with Crippen molar-refractivity contribution in [3.63, 3.8) is 0 Å². The minimum atomic E-state index is -1.76. The number of aliphatic hydroxyl groups excluding tert-OH is 7. The number of ether oxygens (including phenoxy) is 6. The Morgan fingerprint density at radius 2 is 1.50 bits per heavy atom. The summed E-state index contributed by atoms with van der Waals surface area (Å²) in [5.41, 5.74) is -1.98. The quantitative estimate of drug-likeness (QED) is 0.112. The lowest BCUT2D eigenvalue weighted by Crippen LogP contribution is -2.72. The van der Waals surface area contributed by atoms with E-state index >= 15 is 0 Å². The van der Waals surface area contributed by atoms with Crippen molar-refractivity contribution in [1.29, 1.82) is 0 Å². The molecule has 7 fully saturated rings. The van der Waals surface area contributed by atoms with Crippen LogP contribution in [0.2, 0.25) is 0 Å². The highest BCUT2D eigenvalue weighted by molar-refractivity contribution is 5.65. The van der Waals surface area contributed by atoms with Crippen molar-refractivity contribution in [2.45, 2.75) is 186 Å². The van der Waals surface area contributed by atoms with Crippen LogP contribution in [0.15, 0.2) is 12.2 Å². The molecule has 0 aromatic heterocycles. The minimum absolute atomic E-state index is 0.0264. The minimum Gasteiger partial charge on any atom is -0.463 e. The Morgan fingerprint density at radius 1 is 0.793 bits per heavy atom. The van der Waals surface area contributed by atoms with Crippen LogP contribution in [0.5, 0.6) is 0 Å². The normalized spacial score (nSPS) is 57.1. The highest BCUT2D eigenvalue weighted by Crippen LogP contribution is 2.79. The van der Waals surface area contributed by atoms with Crippen molar-refractivity contribution in [3.8, 4) is 0 Å². The average Bonchev–Trinajstić information content (AvgIpc) is 3.44. The van der Waals surface area contributed by atoms with Crippen molar-refractivity contribution in [3.05, 3.63) is 12.2 Å². The van der Waals surface area contributed by atoms with E-state index in [1.54, 1.807) is 6.92 Å². The summed E-state index contributed by atoms with van der Waals surface area (Å²) in [6.45, 7) is 16.8. The van der Waals surface area contributed by atoms with Crippen LogP contribution in [0, 0.1) is 50.2 Å². The van der Waals surface area contributed by atoms with E-state index in [2.05, 4.69) is 53.7 Å². The predicted octanol–water partition coefficient (Wildman–Crippen LogP) is 2.35. The van der Waals surface area contributed by atoms with Crippen LogP contribution >= 0.6 is 0 Å². The molecule has 0 radical (unpaired) electrons. The van der Waals surface area contributed by atoms with Crippen molar-refractivity contribution in [1.82, 2.24) is 0 Å². The molecule has 1 spiro atoms. The first kappa shape index (κ1) is 43.4. The third kappa shape index (κ3) is 5.97. The van der Waals surface area contributed by atoms with Crippen molar-refractivity contribution >= 4 is 5.97 Å². The van der Waals surface area contributed by atoms with Gasteiger partial charge in [0, 0.05) is 29.1 Å². The van der Waals surface area contributed by atoms with Gasteiger partial charge in [-0.15, -0.1) is 0 Å². The molecule has 2 bridgehead atoms. The summed E-state index contributed by atoms with van der Waals surface area (Å²) in [6, 6.07) is 0. The Morgan fingerprint density at radius 3 is 2.19 bits per heavy atom. The van der Waals surface area contributed by atoms with Crippen LogP contribution in [0.3, 0.4) is 0 Å². The van der Waals surface area contributed by atoms with Gasteiger partial charge in [0.1, 0.15) is 49.3 Å². The maximum Gasteiger partial charge on any atom is 0.302 e. The van der Waals surface area contributed by atoms with Crippen molar-refractivity contribution in [2.75, 3.05) is 19.8 Å². The zero-order valence-electron chi connectivity index (χ0n) is 35.6. The molecule has 3 heterocycles. The molecule has 3 aliphatic heterocycles. The number of fused-ring (bicyclic) bond motifs is 4. The Bertz CT molecular complexity index is 1610. The molecule has 0 aromatic rings. The SMILES string of the molecule is CC(=O)OCC1OC(OC2C(O)C(C)OC(OC3CCC4(C)C(CCC5(C)C4C=CC46OCC7(CCC(C)(C)CC74)C(O)CC56C)C3(C)CO)C2O)C(O)C(O)C1O. The van der Waals surface area contributed by atoms with E-state index in [1.807, 2.05) is 0 Å². The smallest absolute Gasteiger partial charge is 0.302 e. The number of hydrogen-bond acceptors (Lipinski definition) is 14. The summed E-state index contributed by atoms with van der Waals surface area (Å²) in [5.74, 6) is -0.223. The molecule has 21 atom stereocenters. The molecule has 0 aromatic carbocycles. The molecule has 21 unspecified atom stereocenters. The van der Waals surface area contributed by atoms with Gasteiger partial charge in [0.25, 0.3) is 0 Å². The van der Waals surface area contributed by atoms with Gasteiger partial charge in [-0.1, -0.05) is 53.7 Å². The summed E-state index contributed by atoms with van der Waals surface area (Å²) in [4.78, 5) is 11.4. The number of allylic oxidation sites excluding steroid dienone is 1. The largest absolute Gasteiger partial charge is 0.463 e. The highest BCUT2D eigenvalue weighted by atomic mass is 16.7. The first-order chi connectivity index (χ1) is 27.0. The Balaban J connectivity index is 1.03. The number of carbonyl (C=O) groups is 1. The summed E-state index contributed by atoms with van der Waals surface area (Å²) in [5, 5.41) is 78.2. The molecule has 58 heavy (non-hydrogen) atoms. The van der Waals surface area contributed by atoms with E-state index in [0.717, 1.165) is 38.5 Å². The highest BCUT2D eigenvalue weighted by Gasteiger charge is 2.79. The number of esters is 1. The molecule has 3 saturated heterocycles. The van der Waals surface area contributed by atoms with Crippen LogP contribution < -0.4 is 0 Å². The zero-order valence-corrected chi connectivity index (χ0v) is 35.6. The van der Waals surface area contributed by atoms with Crippen LogP contribution in [0.1, 0.15) is 107 Å². The second-order valence-corrected chi connectivity index (χ2v) is 21.6. The second-order valence-electron chi connectivity index (χ2n) is 21.6. The molecule has 8 aliphatic rings. The fourth-order valence-electron chi connectivity index (χ4n) is 14.5. The summed E-state index contributed by atoms with van der Waals surface area (Å²) in [7, 11) is 0. The van der Waals surface area contributed by atoms with Gasteiger partial charge in [-0.05, 0) is 86.4 Å². The summed E-state index contributed by atoms with van der Waals surface area (Å²) in [6.07, 6.45) is -3.78. The molecule has 8 rings (SSSR count). The maximum absolute atomic E-state index is 12.2. The van der Waals surface area contributed by atoms with Gasteiger partial charge < -0.3 is 64.2 Å². The molecule has 5 aliphatic carbocycles. The van der Waals surface area contributed by atoms with E-state index < -0.39 is 97.2 Å². The first-order valence-corrected chi connectivity index (χ1v) is 21.8. The molecule has 330 valence electrons. The fourth-order valence-corrected chi connectivity index (χ4v) is 14.5. The Kier molecular flexibility index (Phi) is 10.8. The summed E-state index contributed by atoms with van der Waals surface area (Å²) >= 11 is 0. The lowest BCUT2D eigenvalue weighted by Gasteiger charge is -2.73. The number of hydrogen-bond donors (Lipinski definition) is 7. The second kappa shape index (κ2) is 14.4. The first-order valence-electron chi connectivity index (χ1n) is 21.8. The average molecular weight is 823 g/mol. The van der Waals surface area contributed by atoms with Gasteiger partial charge in [0.05, 0.1) is 37.1 Å². The van der Waals surface area contributed by atoms with Crippen molar-refractivity contribution in [2.24, 2.45) is 50.2 Å². The molecule has 4 saturated carbocycles. The van der Waals surface area contributed by atoms with Gasteiger partial charge >= 0.3 is 5.97 Å². The molecular weight excluding hydrogens is 752 g/mol. The number of rotatable bonds is 7. The predicted molar refractivity (Wildman–Crippen MR) is 206 cm³/mol. The molecule has 14 nitrogen and oxygen atoms in total. The van der Waals surface area contributed by atoms with Gasteiger partial charge in [0.15, 0.2) is 12.6 Å². The van der Waals surface area contributed by atoms with E-state index in [1.165, 1.54) is 6.92 Å². The monoisotopic (exact) mass is 822 g/mol. The Hall–Kier alpha value is -1.27. The van der Waals surface area contributed by atoms with Crippen LogP contribution in [0.4, 0.5) is 0 Å². The van der Waals surface area contributed by atoms with E-state index in [4.69, 9.17) is 28.4 Å². The van der Waals surface area contributed by atoms with Gasteiger partial charge in [-0.3, -0.25) is 4.79 Å². The third-order valence-electron chi connectivity index (χ3n) is 18.2. The van der Waals surface area contributed by atoms with E-state index in [-0.39, 0.29) is 51.4 Å². The van der Waals surface area contributed by atoms with Gasteiger partial charge in [0.2, 0.25) is 0 Å². The number of aliphatic hydroxyl groups is 7. The third-order valence-corrected chi connectivity index (χ3v) is 18.2. The van der Waals surface area contributed by atoms with Crippen LogP contribution in [-0.2, 0) is 33.2 Å². The Labute approximate surface area is 342 Å². The summed E-state index contributed by atoms with van der Waals surface area (Å²) < 4.78 is 36.5. The fraction of sp³-hybridized carbons (Fsp3) is 0.932. The zero-order chi connectivity index (χ0) is 42.2. The maximum atomic E-state index is 12.2. The van der Waals surface area contributed by atoms with Gasteiger partial charge in [-0.2, -0.15) is 0 Å². The lowest BCUT2D eigenvalue weighted by molar-refractivity contribution is -0.367. The topological polar surface area (TPSA) is 214 Å². The van der Waals surface area contributed by atoms with E-state index in [0.29, 0.717) is 19.4 Å². The van der Waals surface area contributed by atoms with Crippen LogP contribution in [-0.4, -0.2) is 141 Å².